The molecule has 3 heterocycles. The summed E-state index contributed by atoms with van der Waals surface area (Å²) in [7, 11) is 0. The van der Waals surface area contributed by atoms with E-state index >= 15 is 0 Å². The highest BCUT2D eigenvalue weighted by Gasteiger charge is 2.46. The zero-order valence-electron chi connectivity index (χ0n) is 10.4. The predicted molar refractivity (Wildman–Crippen MR) is 62.6 cm³/mol. The molecule has 0 N–H and O–H groups in total. The highest BCUT2D eigenvalue weighted by molar-refractivity contribution is 5.85. The maximum Gasteiger partial charge on any atom is 0.243 e. The summed E-state index contributed by atoms with van der Waals surface area (Å²) in [4.78, 5) is 14.5. The summed E-state index contributed by atoms with van der Waals surface area (Å²) < 4.78 is 11.0. The molecule has 2 unspecified atom stereocenters. The summed E-state index contributed by atoms with van der Waals surface area (Å²) in [6, 6.07) is 2.25. The van der Waals surface area contributed by atoms with Crippen LogP contribution in [0.4, 0.5) is 0 Å². The number of hydrogen-bond donors (Lipinski definition) is 0. The van der Waals surface area contributed by atoms with E-state index < -0.39 is 5.41 Å². The molecule has 0 aromatic rings. The van der Waals surface area contributed by atoms with E-state index in [-0.39, 0.29) is 18.1 Å². The Bertz CT molecular complexity index is 372. The number of nitriles is 1. The first-order valence-electron chi connectivity index (χ1n) is 6.67. The molecule has 5 heteroatoms. The Morgan fingerprint density at radius 1 is 1.22 bits per heavy atom. The van der Waals surface area contributed by atoms with Gasteiger partial charge in [0.25, 0.3) is 0 Å². The van der Waals surface area contributed by atoms with Gasteiger partial charge >= 0.3 is 0 Å². The zero-order chi connectivity index (χ0) is 12.6. The lowest BCUT2D eigenvalue weighted by Crippen LogP contribution is -2.52. The van der Waals surface area contributed by atoms with Gasteiger partial charge in [0, 0.05) is 26.3 Å². The number of morpholine rings is 1. The molecule has 1 amide bonds. The van der Waals surface area contributed by atoms with Gasteiger partial charge in [0.2, 0.25) is 5.91 Å². The lowest BCUT2D eigenvalue weighted by Gasteiger charge is -2.38. The van der Waals surface area contributed by atoms with Crippen LogP contribution in [0.15, 0.2) is 0 Å². The molecule has 3 fully saturated rings. The van der Waals surface area contributed by atoms with Gasteiger partial charge in [0.05, 0.1) is 18.3 Å². The number of likely N-dealkylation sites (tertiary alicyclic amines) is 1. The van der Waals surface area contributed by atoms with E-state index in [0.717, 1.165) is 12.8 Å². The first-order valence-corrected chi connectivity index (χ1v) is 6.67. The fourth-order valence-corrected chi connectivity index (χ4v) is 3.18. The maximum atomic E-state index is 12.6. The van der Waals surface area contributed by atoms with Crippen molar-refractivity contribution in [1.82, 2.24) is 4.90 Å². The van der Waals surface area contributed by atoms with Gasteiger partial charge in [0.1, 0.15) is 5.41 Å². The van der Waals surface area contributed by atoms with Gasteiger partial charge in [-0.05, 0) is 25.7 Å². The van der Waals surface area contributed by atoms with Gasteiger partial charge in [0.15, 0.2) is 0 Å². The quantitative estimate of drug-likeness (QED) is 0.687. The van der Waals surface area contributed by atoms with Crippen molar-refractivity contribution >= 4 is 5.91 Å². The van der Waals surface area contributed by atoms with E-state index in [0.29, 0.717) is 39.1 Å². The van der Waals surface area contributed by atoms with Crippen LogP contribution in [0.2, 0.25) is 0 Å². The Balaban J connectivity index is 1.75. The molecule has 18 heavy (non-hydrogen) atoms. The average molecular weight is 250 g/mol. The number of hydrogen-bond acceptors (Lipinski definition) is 4. The maximum absolute atomic E-state index is 12.6. The molecule has 5 nitrogen and oxygen atoms in total. The molecule has 3 aliphatic heterocycles. The molecular formula is C13H18N2O3. The van der Waals surface area contributed by atoms with E-state index in [1.54, 1.807) is 0 Å². The van der Waals surface area contributed by atoms with Crippen LogP contribution in [0.3, 0.4) is 0 Å². The largest absolute Gasteiger partial charge is 0.381 e. The van der Waals surface area contributed by atoms with Gasteiger partial charge in [-0.25, -0.2) is 0 Å². The lowest BCUT2D eigenvalue weighted by molar-refractivity contribution is -0.151. The molecule has 3 saturated heterocycles. The SMILES string of the molecule is N#CC1(C(=O)N2CC3CCC(C2)O3)CCOCC1. The number of carbonyl (C=O) groups excluding carboxylic acids is 1. The first kappa shape index (κ1) is 11.9. The zero-order valence-corrected chi connectivity index (χ0v) is 10.4. The summed E-state index contributed by atoms with van der Waals surface area (Å²) in [6.45, 7) is 2.33. The van der Waals surface area contributed by atoms with Crippen molar-refractivity contribution in [3.8, 4) is 6.07 Å². The van der Waals surface area contributed by atoms with Gasteiger partial charge in [-0.3, -0.25) is 4.79 Å². The third kappa shape index (κ3) is 1.90. The van der Waals surface area contributed by atoms with Crippen LogP contribution in [-0.4, -0.2) is 49.3 Å². The van der Waals surface area contributed by atoms with Crippen molar-refractivity contribution < 1.29 is 14.3 Å². The molecule has 0 aromatic heterocycles. The Hall–Kier alpha value is -1.12. The number of ether oxygens (including phenoxy) is 2. The van der Waals surface area contributed by atoms with Crippen LogP contribution >= 0.6 is 0 Å². The number of carbonyl (C=O) groups is 1. The van der Waals surface area contributed by atoms with Crippen LogP contribution in [-0.2, 0) is 14.3 Å². The van der Waals surface area contributed by atoms with E-state index in [1.165, 1.54) is 0 Å². The van der Waals surface area contributed by atoms with Crippen LogP contribution in [0, 0.1) is 16.7 Å². The highest BCUT2D eigenvalue weighted by Crippen LogP contribution is 2.35. The van der Waals surface area contributed by atoms with E-state index in [9.17, 15) is 10.1 Å². The Morgan fingerprint density at radius 3 is 2.39 bits per heavy atom. The smallest absolute Gasteiger partial charge is 0.243 e. The summed E-state index contributed by atoms with van der Waals surface area (Å²) >= 11 is 0. The van der Waals surface area contributed by atoms with Crippen molar-refractivity contribution in [2.24, 2.45) is 5.41 Å². The van der Waals surface area contributed by atoms with Crippen LogP contribution in [0.1, 0.15) is 25.7 Å². The second kappa shape index (κ2) is 4.52. The Labute approximate surface area is 107 Å². The monoisotopic (exact) mass is 250 g/mol. The summed E-state index contributed by atoms with van der Waals surface area (Å²) in [5.74, 6) is -0.00602. The first-order chi connectivity index (χ1) is 8.73. The van der Waals surface area contributed by atoms with Crippen LogP contribution < -0.4 is 0 Å². The minimum Gasteiger partial charge on any atom is -0.381 e. The third-order valence-corrected chi connectivity index (χ3v) is 4.30. The minimum atomic E-state index is -0.852. The second-order valence-electron chi connectivity index (χ2n) is 5.47. The standard InChI is InChI=1S/C13H18N2O3/c14-9-13(3-5-17-6-4-13)12(16)15-7-10-1-2-11(8-15)18-10/h10-11H,1-8H2. The number of nitrogens with zero attached hydrogens (tertiary/aromatic N) is 2. The molecule has 98 valence electrons. The predicted octanol–water partition coefficient (Wildman–Crippen LogP) is 0.697. The molecule has 0 spiro atoms. The van der Waals surface area contributed by atoms with Gasteiger partial charge in [-0.15, -0.1) is 0 Å². The molecule has 2 atom stereocenters. The second-order valence-corrected chi connectivity index (χ2v) is 5.47. The molecule has 0 aliphatic carbocycles. The van der Waals surface area contributed by atoms with Crippen molar-refractivity contribution in [3.05, 3.63) is 0 Å². The summed E-state index contributed by atoms with van der Waals surface area (Å²) in [5, 5.41) is 9.41. The number of amides is 1. The molecule has 3 rings (SSSR count). The fourth-order valence-electron chi connectivity index (χ4n) is 3.18. The minimum absolute atomic E-state index is 0.00602. The molecule has 0 saturated carbocycles. The van der Waals surface area contributed by atoms with Gasteiger partial charge < -0.3 is 14.4 Å². The van der Waals surface area contributed by atoms with Crippen LogP contribution in [0.25, 0.3) is 0 Å². The molecule has 0 radical (unpaired) electrons. The van der Waals surface area contributed by atoms with E-state index in [1.807, 2.05) is 4.90 Å². The topological polar surface area (TPSA) is 62.6 Å². The van der Waals surface area contributed by atoms with Crippen LogP contribution in [0.5, 0.6) is 0 Å². The summed E-state index contributed by atoms with van der Waals surface area (Å²) in [5.41, 5.74) is -0.852. The summed E-state index contributed by atoms with van der Waals surface area (Å²) in [6.07, 6.45) is 3.49. The van der Waals surface area contributed by atoms with E-state index in [4.69, 9.17) is 9.47 Å². The molecule has 0 aromatic carbocycles. The van der Waals surface area contributed by atoms with Crippen molar-refractivity contribution in [3.63, 3.8) is 0 Å². The number of rotatable bonds is 1. The molecule has 3 aliphatic rings. The van der Waals surface area contributed by atoms with Crippen molar-refractivity contribution in [2.45, 2.75) is 37.9 Å². The van der Waals surface area contributed by atoms with Crippen molar-refractivity contribution in [2.75, 3.05) is 26.3 Å². The van der Waals surface area contributed by atoms with Gasteiger partial charge in [-0.1, -0.05) is 0 Å². The molecular weight excluding hydrogens is 232 g/mol. The number of fused-ring (bicyclic) bond motifs is 2. The van der Waals surface area contributed by atoms with Crippen molar-refractivity contribution in [1.29, 1.82) is 5.26 Å². The Morgan fingerprint density at radius 2 is 1.83 bits per heavy atom. The van der Waals surface area contributed by atoms with Gasteiger partial charge in [-0.2, -0.15) is 5.26 Å². The fraction of sp³-hybridized carbons (Fsp3) is 0.846. The highest BCUT2D eigenvalue weighted by atomic mass is 16.5. The third-order valence-electron chi connectivity index (χ3n) is 4.30. The van der Waals surface area contributed by atoms with E-state index in [2.05, 4.69) is 6.07 Å². The Kier molecular flexibility index (Phi) is 3.00. The average Bonchev–Trinajstić information content (AvgIpc) is 2.77. The normalized spacial score (nSPS) is 34.1. The lowest BCUT2D eigenvalue weighted by atomic mass is 9.80. The molecule has 2 bridgehead atoms.